The topological polar surface area (TPSA) is 66.8 Å². The van der Waals surface area contributed by atoms with Crippen LogP contribution in [-0.4, -0.2) is 54.4 Å². The lowest BCUT2D eigenvalue weighted by molar-refractivity contribution is -0.143. The van der Waals surface area contributed by atoms with E-state index >= 15 is 0 Å². The maximum absolute atomic E-state index is 12.0. The third kappa shape index (κ3) is 6.58. The highest BCUT2D eigenvalue weighted by Gasteiger charge is 2.16. The molecular weight excluding hydrogens is 278 g/mol. The van der Waals surface area contributed by atoms with Crippen molar-refractivity contribution in [1.29, 1.82) is 0 Å². The van der Waals surface area contributed by atoms with Gasteiger partial charge in [-0.2, -0.15) is 0 Å². The fourth-order valence-corrected chi connectivity index (χ4v) is 2.47. The summed E-state index contributed by atoms with van der Waals surface area (Å²) in [6, 6.07) is 9.84. The van der Waals surface area contributed by atoms with Crippen molar-refractivity contribution < 1.29 is 19.4 Å². The van der Waals surface area contributed by atoms with Crippen LogP contribution in [0.15, 0.2) is 30.3 Å². The normalized spacial score (nSPS) is 10.2. The monoisotopic (exact) mass is 297 g/mol. The molecular formula is C14H19NO4S. The second-order valence-electron chi connectivity index (χ2n) is 4.18. The molecule has 0 radical (unpaired) electrons. The lowest BCUT2D eigenvalue weighted by Crippen LogP contribution is -2.39. The smallest absolute Gasteiger partial charge is 0.323 e. The van der Waals surface area contributed by atoms with E-state index in [1.165, 1.54) is 23.8 Å². The number of hydrogen-bond acceptors (Lipinski definition) is 4. The number of ether oxygens (including phenoxy) is 1. The highest BCUT2D eigenvalue weighted by atomic mass is 32.2. The number of nitrogens with zero attached hydrogens (tertiary/aromatic N) is 1. The van der Waals surface area contributed by atoms with E-state index in [1.54, 1.807) is 0 Å². The van der Waals surface area contributed by atoms with E-state index in [4.69, 9.17) is 9.84 Å². The average Bonchev–Trinajstić information content (AvgIpc) is 2.44. The number of carboxylic acid groups (broad SMARTS) is 1. The first-order valence-corrected chi connectivity index (χ1v) is 7.39. The summed E-state index contributed by atoms with van der Waals surface area (Å²) in [5, 5.41) is 8.79. The number of methoxy groups -OCH3 is 1. The molecule has 110 valence electrons. The molecule has 1 N–H and O–H groups in total. The zero-order valence-corrected chi connectivity index (χ0v) is 12.3. The first-order valence-electron chi connectivity index (χ1n) is 6.23. The van der Waals surface area contributed by atoms with E-state index in [0.29, 0.717) is 13.2 Å². The Labute approximate surface area is 122 Å². The fraction of sp³-hybridized carbons (Fsp3) is 0.429. The van der Waals surface area contributed by atoms with Crippen LogP contribution in [-0.2, 0) is 20.1 Å². The van der Waals surface area contributed by atoms with E-state index in [0.717, 1.165) is 11.3 Å². The molecule has 0 saturated heterocycles. The minimum absolute atomic E-state index is 0.176. The maximum Gasteiger partial charge on any atom is 0.323 e. The van der Waals surface area contributed by atoms with Gasteiger partial charge < -0.3 is 14.7 Å². The van der Waals surface area contributed by atoms with Crippen LogP contribution >= 0.6 is 11.8 Å². The predicted octanol–water partition coefficient (Wildman–Crippen LogP) is 1.48. The molecule has 0 aliphatic heterocycles. The number of amides is 1. The number of carbonyl (C=O) groups excluding carboxylic acids is 1. The Kier molecular flexibility index (Phi) is 7.75. The van der Waals surface area contributed by atoms with Gasteiger partial charge in [0.1, 0.15) is 6.54 Å². The molecule has 1 aromatic carbocycles. The van der Waals surface area contributed by atoms with Crippen LogP contribution in [0.3, 0.4) is 0 Å². The van der Waals surface area contributed by atoms with Crippen LogP contribution in [0.5, 0.6) is 0 Å². The molecule has 1 rings (SSSR count). The Morgan fingerprint density at radius 1 is 1.30 bits per heavy atom. The Balaban J connectivity index is 2.38. The molecule has 1 aromatic rings. The van der Waals surface area contributed by atoms with Crippen molar-refractivity contribution in [2.75, 3.05) is 32.6 Å². The van der Waals surface area contributed by atoms with E-state index in [1.807, 2.05) is 30.3 Å². The molecule has 0 aromatic heterocycles. The van der Waals surface area contributed by atoms with Crippen molar-refractivity contribution in [3.05, 3.63) is 35.9 Å². The predicted molar refractivity (Wildman–Crippen MR) is 78.7 cm³/mol. The first kappa shape index (κ1) is 16.5. The lowest BCUT2D eigenvalue weighted by atomic mass is 10.2. The number of thioether (sulfide) groups is 1. The molecule has 6 heteroatoms. The summed E-state index contributed by atoms with van der Waals surface area (Å²) >= 11 is 1.48. The molecule has 0 atom stereocenters. The summed E-state index contributed by atoms with van der Waals surface area (Å²) in [4.78, 5) is 24.0. The van der Waals surface area contributed by atoms with Gasteiger partial charge in [0.05, 0.1) is 12.4 Å². The molecule has 5 nitrogen and oxygen atoms in total. The van der Waals surface area contributed by atoms with Gasteiger partial charge in [0.2, 0.25) is 5.91 Å². The van der Waals surface area contributed by atoms with Crippen LogP contribution in [0.2, 0.25) is 0 Å². The molecule has 0 fully saturated rings. The first-order chi connectivity index (χ1) is 9.63. The summed E-state index contributed by atoms with van der Waals surface area (Å²) in [6.45, 7) is 0.351. The van der Waals surface area contributed by atoms with E-state index in [9.17, 15) is 9.59 Å². The molecule has 0 bridgehead atoms. The van der Waals surface area contributed by atoms with Gasteiger partial charge in [0, 0.05) is 19.4 Å². The highest BCUT2D eigenvalue weighted by Crippen LogP contribution is 2.12. The molecule has 0 saturated carbocycles. The molecule has 0 spiro atoms. The van der Waals surface area contributed by atoms with Crippen LogP contribution in [0.25, 0.3) is 0 Å². The van der Waals surface area contributed by atoms with Gasteiger partial charge in [-0.3, -0.25) is 9.59 Å². The Bertz CT molecular complexity index is 424. The van der Waals surface area contributed by atoms with E-state index < -0.39 is 5.97 Å². The third-order valence-corrected chi connectivity index (χ3v) is 3.57. The zero-order valence-electron chi connectivity index (χ0n) is 11.4. The summed E-state index contributed by atoms with van der Waals surface area (Å²) in [6.07, 6.45) is 0. The Hall–Kier alpha value is -1.53. The van der Waals surface area contributed by atoms with Gasteiger partial charge in [0.25, 0.3) is 0 Å². The summed E-state index contributed by atoms with van der Waals surface area (Å²) < 4.78 is 4.88. The number of rotatable bonds is 9. The zero-order chi connectivity index (χ0) is 14.8. The van der Waals surface area contributed by atoms with E-state index in [2.05, 4.69) is 0 Å². The number of hydrogen-bond donors (Lipinski definition) is 1. The minimum Gasteiger partial charge on any atom is -0.480 e. The largest absolute Gasteiger partial charge is 0.480 e. The van der Waals surface area contributed by atoms with Crippen LogP contribution in [0, 0.1) is 0 Å². The Morgan fingerprint density at radius 3 is 2.60 bits per heavy atom. The third-order valence-electron chi connectivity index (χ3n) is 2.58. The van der Waals surface area contributed by atoms with Crippen molar-refractivity contribution in [2.24, 2.45) is 0 Å². The molecule has 0 aliphatic carbocycles. The van der Waals surface area contributed by atoms with Crippen molar-refractivity contribution in [3.63, 3.8) is 0 Å². The molecule has 20 heavy (non-hydrogen) atoms. The van der Waals surface area contributed by atoms with Crippen molar-refractivity contribution >= 4 is 23.6 Å². The number of carbonyl (C=O) groups is 2. The minimum atomic E-state index is -1.01. The summed E-state index contributed by atoms with van der Waals surface area (Å²) in [5.74, 6) is -0.184. The van der Waals surface area contributed by atoms with Crippen molar-refractivity contribution in [3.8, 4) is 0 Å². The summed E-state index contributed by atoms with van der Waals surface area (Å²) in [7, 11) is 1.52. The van der Waals surface area contributed by atoms with Crippen LogP contribution < -0.4 is 0 Å². The van der Waals surface area contributed by atoms with Gasteiger partial charge in [-0.1, -0.05) is 30.3 Å². The lowest BCUT2D eigenvalue weighted by Gasteiger charge is -2.20. The highest BCUT2D eigenvalue weighted by molar-refractivity contribution is 7.99. The number of benzene rings is 1. The molecule has 0 heterocycles. The van der Waals surface area contributed by atoms with Crippen molar-refractivity contribution in [1.82, 2.24) is 4.90 Å². The summed E-state index contributed by atoms with van der Waals surface area (Å²) in [5.41, 5.74) is 1.15. The van der Waals surface area contributed by atoms with Crippen LogP contribution in [0.4, 0.5) is 0 Å². The van der Waals surface area contributed by atoms with E-state index in [-0.39, 0.29) is 18.2 Å². The second kappa shape index (κ2) is 9.39. The van der Waals surface area contributed by atoms with Gasteiger partial charge >= 0.3 is 5.97 Å². The molecule has 0 unspecified atom stereocenters. The maximum atomic E-state index is 12.0. The molecule has 0 aliphatic rings. The van der Waals surface area contributed by atoms with Crippen LogP contribution in [0.1, 0.15) is 5.56 Å². The number of carboxylic acids is 1. The fourth-order valence-electron chi connectivity index (χ4n) is 1.58. The quantitative estimate of drug-likeness (QED) is 0.748. The number of aliphatic carboxylic acids is 1. The van der Waals surface area contributed by atoms with Gasteiger partial charge in [-0.25, -0.2) is 0 Å². The van der Waals surface area contributed by atoms with Gasteiger partial charge in [-0.05, 0) is 5.56 Å². The van der Waals surface area contributed by atoms with Crippen molar-refractivity contribution in [2.45, 2.75) is 5.75 Å². The molecule has 1 amide bonds. The SMILES string of the molecule is COCCN(CC(=O)O)C(=O)CSCc1ccccc1. The van der Waals surface area contributed by atoms with Gasteiger partial charge in [0.15, 0.2) is 0 Å². The standard InChI is InChI=1S/C14H19NO4S/c1-19-8-7-15(9-14(17)18)13(16)11-20-10-12-5-3-2-4-6-12/h2-6H,7-11H2,1H3,(H,17,18). The second-order valence-corrected chi connectivity index (χ2v) is 5.17. The average molecular weight is 297 g/mol. The Morgan fingerprint density at radius 2 is 2.00 bits per heavy atom. The van der Waals surface area contributed by atoms with Gasteiger partial charge in [-0.15, -0.1) is 11.8 Å².